The SMILES string of the molecule is COc1cccc(OC2CC3(CCC2O)OCCO3)c1. The zero-order valence-corrected chi connectivity index (χ0v) is 11.6. The minimum Gasteiger partial charge on any atom is -0.497 e. The maximum absolute atomic E-state index is 10.1. The third-order valence-corrected chi connectivity index (χ3v) is 3.90. The Hall–Kier alpha value is -1.30. The molecule has 1 N–H and O–H groups in total. The molecule has 5 nitrogen and oxygen atoms in total. The smallest absolute Gasteiger partial charge is 0.172 e. The van der Waals surface area contributed by atoms with Crippen LogP contribution in [0, 0.1) is 0 Å². The van der Waals surface area contributed by atoms with Crippen molar-refractivity contribution in [1.29, 1.82) is 0 Å². The number of aliphatic hydroxyl groups is 1. The first-order valence-corrected chi connectivity index (χ1v) is 6.97. The van der Waals surface area contributed by atoms with Crippen LogP contribution in [0.25, 0.3) is 0 Å². The van der Waals surface area contributed by atoms with Gasteiger partial charge in [-0.2, -0.15) is 0 Å². The van der Waals surface area contributed by atoms with Crippen molar-refractivity contribution in [3.05, 3.63) is 24.3 Å². The highest BCUT2D eigenvalue weighted by atomic mass is 16.7. The molecule has 1 aliphatic heterocycles. The average Bonchev–Trinajstić information content (AvgIpc) is 2.92. The zero-order valence-electron chi connectivity index (χ0n) is 11.6. The van der Waals surface area contributed by atoms with Crippen molar-refractivity contribution in [1.82, 2.24) is 0 Å². The van der Waals surface area contributed by atoms with E-state index in [2.05, 4.69) is 0 Å². The summed E-state index contributed by atoms with van der Waals surface area (Å²) in [6, 6.07) is 7.38. The minimum atomic E-state index is -0.567. The van der Waals surface area contributed by atoms with Crippen LogP contribution in [0.3, 0.4) is 0 Å². The predicted octanol–water partition coefficient (Wildman–Crippen LogP) is 1.73. The fourth-order valence-corrected chi connectivity index (χ4v) is 2.83. The molecule has 1 aliphatic carbocycles. The van der Waals surface area contributed by atoms with E-state index in [1.807, 2.05) is 24.3 Å². The largest absolute Gasteiger partial charge is 0.497 e. The van der Waals surface area contributed by atoms with Gasteiger partial charge in [0.1, 0.15) is 17.6 Å². The van der Waals surface area contributed by atoms with Gasteiger partial charge in [-0.15, -0.1) is 0 Å². The van der Waals surface area contributed by atoms with Gasteiger partial charge < -0.3 is 24.1 Å². The molecular weight excluding hydrogens is 260 g/mol. The van der Waals surface area contributed by atoms with Gasteiger partial charge in [0.15, 0.2) is 5.79 Å². The highest BCUT2D eigenvalue weighted by Gasteiger charge is 2.45. The molecule has 2 fully saturated rings. The van der Waals surface area contributed by atoms with Crippen LogP contribution in [0.4, 0.5) is 0 Å². The molecule has 1 spiro atoms. The second-order valence-electron chi connectivity index (χ2n) is 5.25. The van der Waals surface area contributed by atoms with Gasteiger partial charge in [0, 0.05) is 18.9 Å². The Morgan fingerprint density at radius 2 is 2.00 bits per heavy atom. The molecule has 1 heterocycles. The standard InChI is InChI=1S/C15H20O5/c1-17-11-3-2-4-12(9-11)20-14-10-15(6-5-13(14)16)18-7-8-19-15/h2-4,9,13-14,16H,5-8,10H2,1H3. The lowest BCUT2D eigenvalue weighted by Gasteiger charge is -2.38. The van der Waals surface area contributed by atoms with Crippen molar-refractivity contribution in [2.24, 2.45) is 0 Å². The lowest BCUT2D eigenvalue weighted by Crippen LogP contribution is -2.47. The van der Waals surface area contributed by atoms with Crippen molar-refractivity contribution < 1.29 is 24.1 Å². The Balaban J connectivity index is 1.71. The van der Waals surface area contributed by atoms with Gasteiger partial charge in [-0.25, -0.2) is 0 Å². The predicted molar refractivity (Wildman–Crippen MR) is 71.9 cm³/mol. The number of aliphatic hydroxyl groups excluding tert-OH is 1. The number of rotatable bonds is 3. The molecule has 0 aromatic heterocycles. The third kappa shape index (κ3) is 2.75. The molecule has 2 unspecified atom stereocenters. The number of hydrogen-bond donors (Lipinski definition) is 1. The highest BCUT2D eigenvalue weighted by Crippen LogP contribution is 2.37. The van der Waals surface area contributed by atoms with Crippen LogP contribution in [0.15, 0.2) is 24.3 Å². The van der Waals surface area contributed by atoms with Crippen molar-refractivity contribution in [3.8, 4) is 11.5 Å². The summed E-state index contributed by atoms with van der Waals surface area (Å²) in [5, 5.41) is 10.1. The van der Waals surface area contributed by atoms with E-state index in [-0.39, 0.29) is 6.10 Å². The van der Waals surface area contributed by atoms with Crippen LogP contribution in [0.1, 0.15) is 19.3 Å². The molecular formula is C15H20O5. The molecule has 5 heteroatoms. The number of hydrogen-bond acceptors (Lipinski definition) is 5. The van der Waals surface area contributed by atoms with Gasteiger partial charge in [-0.3, -0.25) is 0 Å². The van der Waals surface area contributed by atoms with Gasteiger partial charge in [0.2, 0.25) is 0 Å². The van der Waals surface area contributed by atoms with Crippen LogP contribution >= 0.6 is 0 Å². The van der Waals surface area contributed by atoms with Crippen molar-refractivity contribution in [2.75, 3.05) is 20.3 Å². The first-order valence-electron chi connectivity index (χ1n) is 6.97. The summed E-state index contributed by atoms with van der Waals surface area (Å²) in [6.07, 6.45) is 1.06. The summed E-state index contributed by atoms with van der Waals surface area (Å²) >= 11 is 0. The molecule has 1 saturated heterocycles. The van der Waals surface area contributed by atoms with Crippen molar-refractivity contribution in [2.45, 2.75) is 37.3 Å². The van der Waals surface area contributed by atoms with E-state index in [4.69, 9.17) is 18.9 Å². The van der Waals surface area contributed by atoms with E-state index < -0.39 is 11.9 Å². The maximum Gasteiger partial charge on any atom is 0.172 e. The molecule has 0 radical (unpaired) electrons. The molecule has 3 rings (SSSR count). The summed E-state index contributed by atoms with van der Waals surface area (Å²) in [4.78, 5) is 0. The molecule has 1 saturated carbocycles. The van der Waals surface area contributed by atoms with Gasteiger partial charge >= 0.3 is 0 Å². The second-order valence-corrected chi connectivity index (χ2v) is 5.25. The van der Waals surface area contributed by atoms with Crippen LogP contribution in [-0.4, -0.2) is 43.4 Å². The molecule has 1 aromatic rings. The number of ether oxygens (including phenoxy) is 4. The topological polar surface area (TPSA) is 57.2 Å². The first kappa shape index (κ1) is 13.7. The maximum atomic E-state index is 10.1. The average molecular weight is 280 g/mol. The molecule has 0 amide bonds. The van der Waals surface area contributed by atoms with E-state index in [0.717, 1.165) is 5.75 Å². The number of benzene rings is 1. The van der Waals surface area contributed by atoms with Crippen LogP contribution in [0.5, 0.6) is 11.5 Å². The van der Waals surface area contributed by atoms with E-state index >= 15 is 0 Å². The molecule has 20 heavy (non-hydrogen) atoms. The number of methoxy groups -OCH3 is 1. The minimum absolute atomic E-state index is 0.325. The van der Waals surface area contributed by atoms with Gasteiger partial charge in [0.25, 0.3) is 0 Å². The molecule has 2 aliphatic rings. The second kappa shape index (κ2) is 5.60. The normalized spacial score (nSPS) is 28.5. The van der Waals surface area contributed by atoms with Crippen molar-refractivity contribution >= 4 is 0 Å². The Labute approximate surface area is 118 Å². The van der Waals surface area contributed by atoms with Crippen LogP contribution in [-0.2, 0) is 9.47 Å². The van der Waals surface area contributed by atoms with Gasteiger partial charge in [-0.1, -0.05) is 6.07 Å². The molecule has 2 atom stereocenters. The fraction of sp³-hybridized carbons (Fsp3) is 0.600. The van der Waals surface area contributed by atoms with E-state index in [1.54, 1.807) is 7.11 Å². The molecule has 110 valence electrons. The Kier molecular flexibility index (Phi) is 3.83. The molecule has 0 bridgehead atoms. The zero-order chi connectivity index (χ0) is 14.0. The quantitative estimate of drug-likeness (QED) is 0.914. The van der Waals surface area contributed by atoms with Gasteiger partial charge in [0.05, 0.1) is 26.4 Å². The fourth-order valence-electron chi connectivity index (χ4n) is 2.83. The third-order valence-electron chi connectivity index (χ3n) is 3.90. The summed E-state index contributed by atoms with van der Waals surface area (Å²) in [6.45, 7) is 1.23. The first-order chi connectivity index (χ1) is 9.71. The summed E-state index contributed by atoms with van der Waals surface area (Å²) in [5.41, 5.74) is 0. The summed E-state index contributed by atoms with van der Waals surface area (Å²) in [5.74, 6) is 0.849. The van der Waals surface area contributed by atoms with Crippen LogP contribution in [0.2, 0.25) is 0 Å². The Morgan fingerprint density at radius 1 is 1.25 bits per heavy atom. The lowest BCUT2D eigenvalue weighted by molar-refractivity contribution is -0.209. The van der Waals surface area contributed by atoms with E-state index in [1.165, 1.54) is 0 Å². The van der Waals surface area contributed by atoms with Crippen molar-refractivity contribution in [3.63, 3.8) is 0 Å². The van der Waals surface area contributed by atoms with E-state index in [0.29, 0.717) is 38.2 Å². The highest BCUT2D eigenvalue weighted by molar-refractivity contribution is 5.33. The monoisotopic (exact) mass is 280 g/mol. The summed E-state index contributed by atoms with van der Waals surface area (Å²) < 4.78 is 22.5. The lowest BCUT2D eigenvalue weighted by atomic mass is 9.89. The van der Waals surface area contributed by atoms with Gasteiger partial charge in [-0.05, 0) is 18.6 Å². The Bertz CT molecular complexity index is 455. The summed E-state index contributed by atoms with van der Waals surface area (Å²) in [7, 11) is 1.61. The van der Waals surface area contributed by atoms with E-state index in [9.17, 15) is 5.11 Å². The molecule has 1 aromatic carbocycles. The van der Waals surface area contributed by atoms with Crippen LogP contribution < -0.4 is 9.47 Å². The Morgan fingerprint density at radius 3 is 2.75 bits per heavy atom.